The molecule has 0 N–H and O–H groups in total. The van der Waals surface area contributed by atoms with Crippen molar-refractivity contribution < 1.29 is 23.9 Å². The van der Waals surface area contributed by atoms with Crippen molar-refractivity contribution in [2.24, 2.45) is 5.92 Å². The van der Waals surface area contributed by atoms with E-state index in [2.05, 4.69) is 32.5 Å². The highest BCUT2D eigenvalue weighted by Gasteiger charge is 2.54. The van der Waals surface area contributed by atoms with Crippen LogP contribution in [-0.4, -0.2) is 57.0 Å². The number of rotatable bonds is 4. The first kappa shape index (κ1) is 22.4. The molecule has 168 valence electrons. The Hall–Kier alpha value is -2.81. The highest BCUT2D eigenvalue weighted by Crippen LogP contribution is 2.47. The van der Waals surface area contributed by atoms with Gasteiger partial charge in [0.15, 0.2) is 6.61 Å². The lowest BCUT2D eigenvalue weighted by Gasteiger charge is -2.39. The second-order valence-corrected chi connectivity index (χ2v) is 10.0. The number of carbonyl (C=O) groups is 3. The molecular weight excluding hydrogens is 478 g/mol. The van der Waals surface area contributed by atoms with E-state index in [-0.39, 0.29) is 17.7 Å². The van der Waals surface area contributed by atoms with Crippen LogP contribution in [0.5, 0.6) is 0 Å². The van der Waals surface area contributed by atoms with E-state index in [1.54, 1.807) is 39.0 Å². The number of likely N-dealkylation sites (tertiary alicyclic amines) is 1. The van der Waals surface area contributed by atoms with Crippen molar-refractivity contribution in [3.63, 3.8) is 0 Å². The average molecular weight is 502 g/mol. The van der Waals surface area contributed by atoms with E-state index in [1.807, 2.05) is 0 Å². The van der Waals surface area contributed by atoms with Gasteiger partial charge in [0.1, 0.15) is 17.3 Å². The summed E-state index contributed by atoms with van der Waals surface area (Å²) in [5.41, 5.74) is 1.63. The van der Waals surface area contributed by atoms with E-state index in [1.165, 1.54) is 11.1 Å². The van der Waals surface area contributed by atoms with Crippen LogP contribution in [0.25, 0.3) is 11.0 Å². The fraction of sp³-hybridized carbons (Fsp3) is 0.435. The zero-order chi connectivity index (χ0) is 23.2. The molecule has 8 nitrogen and oxygen atoms in total. The van der Waals surface area contributed by atoms with Crippen LogP contribution in [0, 0.1) is 5.92 Å². The molecule has 2 heterocycles. The highest BCUT2D eigenvalue weighted by atomic mass is 79.9. The van der Waals surface area contributed by atoms with Gasteiger partial charge in [-0.3, -0.25) is 14.7 Å². The zero-order valence-electron chi connectivity index (χ0n) is 18.1. The Balaban J connectivity index is 1.44. The van der Waals surface area contributed by atoms with Gasteiger partial charge in [-0.05, 0) is 51.8 Å². The number of amides is 1. The second-order valence-electron chi connectivity index (χ2n) is 9.09. The van der Waals surface area contributed by atoms with Gasteiger partial charge in [0.25, 0.3) is 0 Å². The fourth-order valence-electron chi connectivity index (χ4n) is 4.09. The van der Waals surface area contributed by atoms with Crippen LogP contribution in [0.15, 0.2) is 41.0 Å². The number of carbonyl (C=O) groups excluding carboxylic acids is 3. The Morgan fingerprint density at radius 3 is 2.69 bits per heavy atom. The molecule has 1 aliphatic heterocycles. The number of hydrogen-bond donors (Lipinski definition) is 0. The summed E-state index contributed by atoms with van der Waals surface area (Å²) in [5, 5.41) is 0. The molecule has 0 spiro atoms. The Morgan fingerprint density at radius 1 is 1.25 bits per heavy atom. The normalized spacial score (nSPS) is 22.3. The summed E-state index contributed by atoms with van der Waals surface area (Å²) >= 11 is 3.37. The smallest absolute Gasteiger partial charge is 0.411 e. The van der Waals surface area contributed by atoms with Gasteiger partial charge < -0.3 is 9.47 Å². The number of halogens is 1. The Kier molecular flexibility index (Phi) is 5.79. The third-order valence-electron chi connectivity index (χ3n) is 5.64. The molecule has 9 heteroatoms. The molecule has 1 aromatic heterocycles. The lowest BCUT2D eigenvalue weighted by molar-refractivity contribution is -0.148. The molecule has 1 aromatic carbocycles. The van der Waals surface area contributed by atoms with Crippen LogP contribution in [0.2, 0.25) is 0 Å². The number of hydrogen-bond acceptors (Lipinski definition) is 7. The van der Waals surface area contributed by atoms with Crippen LogP contribution < -0.4 is 0 Å². The number of ether oxygens (including phenoxy) is 2. The standard InChI is InChI=1S/C23H24BrN3O5/c1-12-7-18-14(12)9-19(27(18)22(30)32-23(2,3)4)21(29)31-11-20(28)17-10-25-16-8-13(24)5-6-15(16)26-17/h5-6,8,10,14,18-19H,1,7,9,11H2,2-4H3. The van der Waals surface area contributed by atoms with E-state index in [0.29, 0.717) is 23.9 Å². The summed E-state index contributed by atoms with van der Waals surface area (Å²) in [5.74, 6) is -1.06. The maximum absolute atomic E-state index is 12.8. The van der Waals surface area contributed by atoms with Crippen molar-refractivity contribution in [3.05, 3.63) is 46.7 Å². The first-order valence-electron chi connectivity index (χ1n) is 10.3. The van der Waals surface area contributed by atoms with Crippen LogP contribution in [0.3, 0.4) is 0 Å². The Morgan fingerprint density at radius 2 is 2.00 bits per heavy atom. The van der Waals surface area contributed by atoms with Crippen molar-refractivity contribution in [1.29, 1.82) is 0 Å². The molecule has 1 aliphatic carbocycles. The van der Waals surface area contributed by atoms with Gasteiger partial charge in [0, 0.05) is 16.4 Å². The number of fused-ring (bicyclic) bond motifs is 2. The van der Waals surface area contributed by atoms with Crippen molar-refractivity contribution >= 4 is 44.8 Å². The number of benzene rings is 1. The van der Waals surface area contributed by atoms with Crippen LogP contribution in [-0.2, 0) is 14.3 Å². The van der Waals surface area contributed by atoms with Gasteiger partial charge in [-0.2, -0.15) is 0 Å². The summed E-state index contributed by atoms with van der Waals surface area (Å²) < 4.78 is 11.7. The highest BCUT2D eigenvalue weighted by molar-refractivity contribution is 9.10. The summed E-state index contributed by atoms with van der Waals surface area (Å²) in [7, 11) is 0. The van der Waals surface area contributed by atoms with Crippen molar-refractivity contribution in [2.75, 3.05) is 6.61 Å². The largest absolute Gasteiger partial charge is 0.456 e. The van der Waals surface area contributed by atoms with Crippen molar-refractivity contribution in [3.8, 4) is 0 Å². The summed E-state index contributed by atoms with van der Waals surface area (Å²) in [4.78, 5) is 48.2. The van der Waals surface area contributed by atoms with Gasteiger partial charge in [-0.15, -0.1) is 0 Å². The van der Waals surface area contributed by atoms with Gasteiger partial charge >= 0.3 is 12.1 Å². The number of aromatic nitrogens is 2. The van der Waals surface area contributed by atoms with Crippen molar-refractivity contribution in [2.45, 2.75) is 51.3 Å². The van der Waals surface area contributed by atoms with E-state index in [0.717, 1.165) is 10.0 Å². The molecule has 3 unspecified atom stereocenters. The minimum absolute atomic E-state index is 0.0430. The molecule has 1 saturated heterocycles. The van der Waals surface area contributed by atoms with Crippen LogP contribution in [0.1, 0.15) is 44.1 Å². The van der Waals surface area contributed by atoms with E-state index in [9.17, 15) is 14.4 Å². The monoisotopic (exact) mass is 501 g/mol. The quantitative estimate of drug-likeness (QED) is 0.353. The predicted octanol–water partition coefficient (Wildman–Crippen LogP) is 4.07. The number of Topliss-reactive ketones (excluding diaryl/α,β-unsaturated/α-hetero) is 1. The number of nitrogens with zero attached hydrogens (tertiary/aromatic N) is 3. The first-order valence-corrected chi connectivity index (χ1v) is 11.1. The molecule has 0 bridgehead atoms. The third-order valence-corrected chi connectivity index (χ3v) is 6.14. The summed E-state index contributed by atoms with van der Waals surface area (Å²) in [6, 6.07) is 4.40. The minimum atomic E-state index is -0.813. The molecule has 1 saturated carbocycles. The molecule has 2 aliphatic rings. The van der Waals surface area contributed by atoms with Crippen LogP contribution >= 0.6 is 15.9 Å². The Bertz CT molecular complexity index is 1130. The van der Waals surface area contributed by atoms with Crippen molar-refractivity contribution in [1.82, 2.24) is 14.9 Å². The number of ketones is 1. The lowest BCUT2D eigenvalue weighted by atomic mass is 9.75. The SMILES string of the molecule is C=C1CC2C1CC(C(=O)OCC(=O)c1cnc3cc(Br)ccc3n1)N2C(=O)OC(C)(C)C. The van der Waals surface area contributed by atoms with Gasteiger partial charge in [0.05, 0.1) is 17.2 Å². The lowest BCUT2D eigenvalue weighted by Crippen LogP contribution is -2.50. The average Bonchev–Trinajstić information content (AvgIpc) is 3.03. The molecule has 0 radical (unpaired) electrons. The summed E-state index contributed by atoms with van der Waals surface area (Å²) in [6.45, 7) is 8.84. The minimum Gasteiger partial charge on any atom is -0.456 e. The topological polar surface area (TPSA) is 98.7 Å². The van der Waals surface area contributed by atoms with E-state index in [4.69, 9.17) is 9.47 Å². The van der Waals surface area contributed by atoms with Gasteiger partial charge in [-0.25, -0.2) is 14.6 Å². The summed E-state index contributed by atoms with van der Waals surface area (Å²) in [6.07, 6.45) is 1.85. The molecule has 2 aromatic rings. The first-order chi connectivity index (χ1) is 15.0. The second kappa shape index (κ2) is 8.27. The molecule has 3 atom stereocenters. The molecule has 2 fully saturated rings. The maximum atomic E-state index is 12.8. The Labute approximate surface area is 194 Å². The van der Waals surface area contributed by atoms with E-state index >= 15 is 0 Å². The van der Waals surface area contributed by atoms with Crippen LogP contribution in [0.4, 0.5) is 4.79 Å². The van der Waals surface area contributed by atoms with Gasteiger partial charge in [-0.1, -0.05) is 28.1 Å². The molecule has 1 amide bonds. The zero-order valence-corrected chi connectivity index (χ0v) is 19.7. The van der Waals surface area contributed by atoms with E-state index < -0.39 is 36.1 Å². The molecule has 32 heavy (non-hydrogen) atoms. The predicted molar refractivity (Wildman–Crippen MR) is 120 cm³/mol. The maximum Gasteiger partial charge on any atom is 0.411 e. The third kappa shape index (κ3) is 4.39. The molecular formula is C23H24BrN3O5. The van der Waals surface area contributed by atoms with Gasteiger partial charge in [0.2, 0.25) is 5.78 Å². The molecule has 4 rings (SSSR count). The fourth-order valence-corrected chi connectivity index (χ4v) is 4.44. The number of esters is 1.